The average Bonchev–Trinajstić information content (AvgIpc) is 2.42. The third-order valence-electron chi connectivity index (χ3n) is 2.40. The molecule has 0 spiro atoms. The molecule has 0 aliphatic heterocycles. The van der Waals surface area contributed by atoms with Gasteiger partial charge in [0.2, 0.25) is 0 Å². The Morgan fingerprint density at radius 2 is 1.77 bits per heavy atom. The molecule has 1 aromatic rings. The van der Waals surface area contributed by atoms with E-state index >= 15 is 0 Å². The molecule has 0 radical (unpaired) electrons. The molecule has 0 aliphatic carbocycles. The minimum absolute atomic E-state index is 0.224. The van der Waals surface area contributed by atoms with Crippen molar-refractivity contribution in [3.63, 3.8) is 0 Å². The third kappa shape index (κ3) is 6.45. The van der Waals surface area contributed by atoms with Gasteiger partial charge >= 0.3 is 23.2 Å². The number of aryl methyl sites for hydroxylation is 1. The second-order valence-corrected chi connectivity index (χ2v) is 7.60. The molecule has 6 nitrogen and oxygen atoms in total. The van der Waals surface area contributed by atoms with Crippen molar-refractivity contribution in [2.75, 3.05) is 13.0 Å². The van der Waals surface area contributed by atoms with Gasteiger partial charge in [-0.15, -0.1) is 0 Å². The summed E-state index contributed by atoms with van der Waals surface area (Å²) in [5, 5.41) is 0. The number of benzene rings is 1. The van der Waals surface area contributed by atoms with E-state index in [0.29, 0.717) is 12.8 Å². The molecule has 0 saturated carbocycles. The molecule has 1 unspecified atom stereocenters. The van der Waals surface area contributed by atoms with Crippen molar-refractivity contribution in [2.24, 2.45) is 0 Å². The number of hydrogen-bond acceptors (Lipinski definition) is 5. The van der Waals surface area contributed by atoms with Crippen LogP contribution in [0, 0.1) is 0 Å². The van der Waals surface area contributed by atoms with Gasteiger partial charge in [-0.25, -0.2) is 0 Å². The van der Waals surface area contributed by atoms with Crippen LogP contribution in [0.25, 0.3) is 0 Å². The van der Waals surface area contributed by atoms with Gasteiger partial charge in [0.15, 0.2) is 6.35 Å². The van der Waals surface area contributed by atoms with Crippen LogP contribution in [-0.4, -0.2) is 31.8 Å². The summed E-state index contributed by atoms with van der Waals surface area (Å²) in [7, 11) is -10.5. The molecule has 0 saturated heterocycles. The monoisotopic (exact) mass is 362 g/mol. The van der Waals surface area contributed by atoms with Crippen LogP contribution in [-0.2, 0) is 29.8 Å². The summed E-state index contributed by atoms with van der Waals surface area (Å²) < 4.78 is 76.5. The summed E-state index contributed by atoms with van der Waals surface area (Å²) in [5.41, 5.74) is -4.70. The Hall–Kier alpha value is -0.930. The zero-order chi connectivity index (χ0) is 16.9. The predicted molar refractivity (Wildman–Crippen MR) is 71.5 cm³/mol. The highest BCUT2D eigenvalue weighted by atomic mass is 32.2. The molecule has 0 aromatic heterocycles. The van der Waals surface area contributed by atoms with Crippen LogP contribution in [0.3, 0.4) is 0 Å². The summed E-state index contributed by atoms with van der Waals surface area (Å²) in [5.74, 6) is 0. The van der Waals surface area contributed by atoms with Crippen LogP contribution < -0.4 is 0 Å². The predicted octanol–water partition coefficient (Wildman–Crippen LogP) is 2.64. The minimum atomic E-state index is -5.92. The second-order valence-electron chi connectivity index (χ2n) is 4.21. The van der Waals surface area contributed by atoms with Gasteiger partial charge in [-0.2, -0.15) is 21.6 Å². The first-order valence-electron chi connectivity index (χ1n) is 5.99. The molecule has 22 heavy (non-hydrogen) atoms. The Balaban J connectivity index is 2.37. The fraction of sp³-hybridized carbons (Fsp3) is 0.455. The lowest BCUT2D eigenvalue weighted by atomic mass is 10.1. The van der Waals surface area contributed by atoms with Crippen molar-refractivity contribution in [2.45, 2.75) is 18.3 Å². The van der Waals surface area contributed by atoms with Gasteiger partial charge in [-0.3, -0.25) is 8.75 Å². The van der Waals surface area contributed by atoms with E-state index in [1.54, 1.807) is 0 Å². The highest BCUT2D eigenvalue weighted by molar-refractivity contribution is 7.87. The lowest BCUT2D eigenvalue weighted by Crippen LogP contribution is -2.26. The first-order chi connectivity index (χ1) is 10.0. The highest BCUT2D eigenvalue weighted by Gasteiger charge is 2.48. The first kappa shape index (κ1) is 19.1. The molecule has 0 bridgehead atoms. The number of rotatable bonds is 8. The summed E-state index contributed by atoms with van der Waals surface area (Å²) in [6, 6.07) is 9.10. The smallest absolute Gasteiger partial charge is 0.323 e. The average molecular weight is 362 g/mol. The van der Waals surface area contributed by atoms with E-state index in [2.05, 4.69) is 8.71 Å². The standard InChI is InChI=1S/C11H14F3O6PS/c12-11(13,14)22(17,18)20-9-21(15,16)19-8-4-7-10-5-2-1-3-6-10/h1-3,5-6H,4,7-9H2,(H,15,16). The molecule has 1 aromatic carbocycles. The fourth-order valence-electron chi connectivity index (χ4n) is 1.37. The number of halogens is 3. The fourth-order valence-corrected chi connectivity index (χ4v) is 3.08. The Bertz CT molecular complexity index is 616. The number of alkyl halides is 3. The molecule has 0 amide bonds. The zero-order valence-electron chi connectivity index (χ0n) is 11.2. The minimum Gasteiger partial charge on any atom is -0.323 e. The maximum Gasteiger partial charge on any atom is 0.523 e. The molecule has 1 atom stereocenters. The molecule has 1 N–H and O–H groups in total. The lowest BCUT2D eigenvalue weighted by molar-refractivity contribution is -0.0533. The molecular weight excluding hydrogens is 348 g/mol. The first-order valence-corrected chi connectivity index (χ1v) is 9.17. The van der Waals surface area contributed by atoms with Gasteiger partial charge < -0.3 is 9.42 Å². The number of hydrogen-bond donors (Lipinski definition) is 1. The summed E-state index contributed by atoms with van der Waals surface area (Å²) in [4.78, 5) is 9.22. The van der Waals surface area contributed by atoms with Gasteiger partial charge in [-0.1, -0.05) is 30.3 Å². The Morgan fingerprint density at radius 1 is 1.18 bits per heavy atom. The van der Waals surface area contributed by atoms with E-state index in [1.165, 1.54) is 0 Å². The molecule has 11 heteroatoms. The molecule has 126 valence electrons. The Kier molecular flexibility index (Phi) is 6.57. The van der Waals surface area contributed by atoms with Gasteiger partial charge in [-0.05, 0) is 18.4 Å². The van der Waals surface area contributed by atoms with E-state index < -0.39 is 29.6 Å². The maximum absolute atomic E-state index is 12.0. The lowest BCUT2D eigenvalue weighted by Gasteiger charge is -2.13. The Labute approximate surface area is 125 Å². The second kappa shape index (κ2) is 7.56. The van der Waals surface area contributed by atoms with E-state index in [1.807, 2.05) is 30.3 Å². The van der Waals surface area contributed by atoms with Gasteiger partial charge in [0.25, 0.3) is 0 Å². The SMILES string of the molecule is O=P(O)(COS(=O)(=O)C(F)(F)F)OCCCc1ccccc1. The largest absolute Gasteiger partial charge is 0.523 e. The molecule has 1 rings (SSSR count). The third-order valence-corrected chi connectivity index (χ3v) is 4.61. The van der Waals surface area contributed by atoms with E-state index in [9.17, 15) is 31.0 Å². The highest BCUT2D eigenvalue weighted by Crippen LogP contribution is 2.43. The Morgan fingerprint density at radius 3 is 2.32 bits per heavy atom. The van der Waals surface area contributed by atoms with Gasteiger partial charge in [0.05, 0.1) is 6.61 Å². The maximum atomic E-state index is 12.0. The van der Waals surface area contributed by atoms with E-state index in [0.717, 1.165) is 5.56 Å². The van der Waals surface area contributed by atoms with Crippen molar-refractivity contribution in [3.8, 4) is 0 Å². The summed E-state index contributed by atoms with van der Waals surface area (Å²) >= 11 is 0. The van der Waals surface area contributed by atoms with Gasteiger partial charge in [0.1, 0.15) is 0 Å². The van der Waals surface area contributed by atoms with Crippen molar-refractivity contribution in [1.82, 2.24) is 0 Å². The van der Waals surface area contributed by atoms with Crippen molar-refractivity contribution in [3.05, 3.63) is 35.9 Å². The topological polar surface area (TPSA) is 89.9 Å². The zero-order valence-corrected chi connectivity index (χ0v) is 12.9. The van der Waals surface area contributed by atoms with Crippen LogP contribution in [0.15, 0.2) is 30.3 Å². The van der Waals surface area contributed by atoms with Crippen molar-refractivity contribution >= 4 is 17.7 Å². The quantitative estimate of drug-likeness (QED) is 0.331. The normalized spacial score (nSPS) is 15.5. The molecule has 0 fully saturated rings. The van der Waals surface area contributed by atoms with Gasteiger partial charge in [0, 0.05) is 0 Å². The summed E-state index contributed by atoms with van der Waals surface area (Å²) in [6.07, 6.45) is -0.719. The van der Waals surface area contributed by atoms with Crippen LogP contribution in [0.4, 0.5) is 13.2 Å². The molecule has 0 aliphatic rings. The van der Waals surface area contributed by atoms with E-state index in [-0.39, 0.29) is 6.61 Å². The summed E-state index contributed by atoms with van der Waals surface area (Å²) in [6.45, 7) is -0.224. The van der Waals surface area contributed by atoms with Crippen molar-refractivity contribution in [1.29, 1.82) is 0 Å². The van der Waals surface area contributed by atoms with Crippen LogP contribution in [0.5, 0.6) is 0 Å². The van der Waals surface area contributed by atoms with Crippen LogP contribution in [0.1, 0.15) is 12.0 Å². The van der Waals surface area contributed by atoms with Crippen molar-refractivity contribution < 1.29 is 39.8 Å². The molecular formula is C11H14F3O6PS. The van der Waals surface area contributed by atoms with E-state index in [4.69, 9.17) is 0 Å². The van der Waals surface area contributed by atoms with Crippen LogP contribution >= 0.6 is 7.60 Å². The molecule has 0 heterocycles. The van der Waals surface area contributed by atoms with Crippen LogP contribution in [0.2, 0.25) is 0 Å².